The van der Waals surface area contributed by atoms with Gasteiger partial charge in [-0.25, -0.2) is 9.67 Å². The van der Waals surface area contributed by atoms with Gasteiger partial charge in [0.25, 0.3) is 5.91 Å². The van der Waals surface area contributed by atoms with E-state index in [1.165, 1.54) is 0 Å². The molecule has 0 saturated carbocycles. The van der Waals surface area contributed by atoms with Crippen molar-refractivity contribution in [1.29, 1.82) is 0 Å². The molecule has 12 heteroatoms. The van der Waals surface area contributed by atoms with Crippen LogP contribution >= 0.6 is 0 Å². The molecular formula is C24H26N6O6. The maximum absolute atomic E-state index is 13.2. The Morgan fingerprint density at radius 3 is 3.06 bits per heavy atom. The SMILES string of the molecule is COc1cc(CN2C[C@@H]3NC(=O)c4ncccc4OCCn4cc(nn4)CO[C@H]3C2)cc2c1OCO2. The highest BCUT2D eigenvalue weighted by Gasteiger charge is 2.36. The maximum atomic E-state index is 13.2. The smallest absolute Gasteiger partial charge is 0.274 e. The normalized spacial score (nSPS) is 21.6. The molecule has 1 N–H and O–H groups in total. The molecule has 1 amide bonds. The standard InChI is InChI=1S/C24H26N6O6/c1-32-19-7-15(8-20-23(19)36-14-35-20)9-29-11-17-21(12-29)34-13-16-10-30(28-27-16)5-6-33-18-3-2-4-25-22(18)24(31)26-17/h2-4,7-8,10,17,21H,5-6,9,11-14H2,1H3,(H,26,31)/t17-,21-/m0/s1. The van der Waals surface area contributed by atoms with Crippen LogP contribution in [0.15, 0.2) is 36.7 Å². The van der Waals surface area contributed by atoms with Crippen molar-refractivity contribution in [2.45, 2.75) is 31.8 Å². The number of benzene rings is 1. The van der Waals surface area contributed by atoms with Gasteiger partial charge in [0, 0.05) is 25.8 Å². The molecule has 0 unspecified atom stereocenters. The van der Waals surface area contributed by atoms with Gasteiger partial charge in [-0.1, -0.05) is 5.21 Å². The van der Waals surface area contributed by atoms with E-state index in [1.807, 2.05) is 18.3 Å². The van der Waals surface area contributed by atoms with Gasteiger partial charge in [-0.15, -0.1) is 5.10 Å². The van der Waals surface area contributed by atoms with Gasteiger partial charge in [-0.2, -0.15) is 0 Å². The number of hydrogen-bond acceptors (Lipinski definition) is 10. The molecule has 1 fully saturated rings. The quantitative estimate of drug-likeness (QED) is 0.564. The van der Waals surface area contributed by atoms with Crippen molar-refractivity contribution in [1.82, 2.24) is 30.2 Å². The van der Waals surface area contributed by atoms with E-state index in [0.717, 1.165) is 11.3 Å². The zero-order chi connectivity index (χ0) is 24.5. The number of nitrogens with one attached hydrogen (secondary N) is 1. The number of rotatable bonds is 3. The van der Waals surface area contributed by atoms with Gasteiger partial charge in [-0.05, 0) is 29.8 Å². The topological polar surface area (TPSA) is 122 Å². The summed E-state index contributed by atoms with van der Waals surface area (Å²) in [7, 11) is 1.61. The van der Waals surface area contributed by atoms with E-state index in [1.54, 1.807) is 30.1 Å². The number of fused-ring (bicyclic) bond motifs is 5. The summed E-state index contributed by atoms with van der Waals surface area (Å²) in [6, 6.07) is 7.12. The lowest BCUT2D eigenvalue weighted by molar-refractivity contribution is 0.0292. The molecule has 2 bridgehead atoms. The third kappa shape index (κ3) is 4.52. The van der Waals surface area contributed by atoms with Crippen molar-refractivity contribution in [3.63, 3.8) is 0 Å². The monoisotopic (exact) mass is 494 g/mol. The molecule has 0 aliphatic carbocycles. The Kier molecular flexibility index (Phi) is 6.03. The Morgan fingerprint density at radius 1 is 1.19 bits per heavy atom. The lowest BCUT2D eigenvalue weighted by atomic mass is 10.1. The van der Waals surface area contributed by atoms with E-state index in [2.05, 4.69) is 25.5 Å². The molecule has 2 atom stereocenters. The van der Waals surface area contributed by atoms with Crippen molar-refractivity contribution in [3.05, 3.63) is 53.6 Å². The van der Waals surface area contributed by atoms with E-state index in [0.29, 0.717) is 62.4 Å². The highest BCUT2D eigenvalue weighted by Crippen LogP contribution is 2.42. The Hall–Kier alpha value is -3.90. The van der Waals surface area contributed by atoms with E-state index in [9.17, 15) is 4.79 Å². The summed E-state index contributed by atoms with van der Waals surface area (Å²) in [5.41, 5.74) is 1.97. The van der Waals surface area contributed by atoms with Crippen molar-refractivity contribution in [3.8, 4) is 23.0 Å². The average molecular weight is 495 g/mol. The molecule has 2 aromatic heterocycles. The van der Waals surface area contributed by atoms with E-state index >= 15 is 0 Å². The number of nitrogens with zero attached hydrogens (tertiary/aromatic N) is 5. The Morgan fingerprint density at radius 2 is 2.14 bits per heavy atom. The highest BCUT2D eigenvalue weighted by molar-refractivity contribution is 5.95. The van der Waals surface area contributed by atoms with Crippen LogP contribution in [0, 0.1) is 0 Å². The number of likely N-dealkylation sites (tertiary alicyclic amines) is 1. The third-order valence-electron chi connectivity index (χ3n) is 6.38. The van der Waals surface area contributed by atoms with E-state index in [-0.39, 0.29) is 30.5 Å². The number of hydrogen-bond donors (Lipinski definition) is 1. The number of ether oxygens (including phenoxy) is 5. The largest absolute Gasteiger partial charge is 0.493 e. The van der Waals surface area contributed by atoms with Crippen LogP contribution in [0.1, 0.15) is 21.7 Å². The van der Waals surface area contributed by atoms with E-state index in [4.69, 9.17) is 23.7 Å². The van der Waals surface area contributed by atoms with Crippen LogP contribution in [-0.2, 0) is 24.4 Å². The summed E-state index contributed by atoms with van der Waals surface area (Å²) in [4.78, 5) is 19.7. The lowest BCUT2D eigenvalue weighted by Crippen LogP contribution is -2.44. The molecule has 36 heavy (non-hydrogen) atoms. The van der Waals surface area contributed by atoms with E-state index < -0.39 is 0 Å². The van der Waals surface area contributed by atoms with Crippen LogP contribution < -0.4 is 24.3 Å². The second-order valence-electron chi connectivity index (χ2n) is 8.83. The predicted octanol–water partition coefficient (Wildman–Crippen LogP) is 1.00. The summed E-state index contributed by atoms with van der Waals surface area (Å²) in [6.07, 6.45) is 3.17. The predicted molar refractivity (Wildman–Crippen MR) is 124 cm³/mol. The maximum Gasteiger partial charge on any atom is 0.274 e. The molecule has 1 saturated heterocycles. The molecule has 12 nitrogen and oxygen atoms in total. The van der Waals surface area contributed by atoms with Crippen molar-refractivity contribution >= 4 is 5.91 Å². The first kappa shape index (κ1) is 22.6. The molecule has 6 rings (SSSR count). The number of carbonyl (C=O) groups excluding carboxylic acids is 1. The van der Waals surface area contributed by atoms with Crippen molar-refractivity contribution < 1.29 is 28.5 Å². The first-order valence-corrected chi connectivity index (χ1v) is 11.7. The zero-order valence-electron chi connectivity index (χ0n) is 19.8. The second-order valence-corrected chi connectivity index (χ2v) is 8.83. The van der Waals surface area contributed by atoms with Crippen LogP contribution in [-0.4, -0.2) is 76.5 Å². The summed E-state index contributed by atoms with van der Waals surface area (Å²) >= 11 is 0. The molecule has 3 aliphatic heterocycles. The Bertz CT molecular complexity index is 1270. The van der Waals surface area contributed by atoms with Gasteiger partial charge in [0.2, 0.25) is 12.5 Å². The van der Waals surface area contributed by atoms with Crippen molar-refractivity contribution in [2.24, 2.45) is 0 Å². The first-order chi connectivity index (χ1) is 17.7. The third-order valence-corrected chi connectivity index (χ3v) is 6.38. The number of pyridine rings is 1. The fourth-order valence-electron chi connectivity index (χ4n) is 4.69. The Balaban J connectivity index is 1.24. The molecule has 3 aromatic rings. The average Bonchev–Trinajstić information content (AvgIpc) is 3.62. The minimum absolute atomic E-state index is 0.173. The molecule has 3 aliphatic rings. The van der Waals surface area contributed by atoms with Crippen LogP contribution in [0.25, 0.3) is 0 Å². The molecule has 188 valence electrons. The molecule has 0 spiro atoms. The number of methoxy groups -OCH3 is 1. The van der Waals surface area contributed by atoms with Crippen molar-refractivity contribution in [2.75, 3.05) is 33.6 Å². The van der Waals surface area contributed by atoms with Crippen LogP contribution in [0.2, 0.25) is 0 Å². The summed E-state index contributed by atoms with van der Waals surface area (Å²) in [6.45, 7) is 3.10. The summed E-state index contributed by atoms with van der Waals surface area (Å²) < 4.78 is 30.4. The van der Waals surface area contributed by atoms with Crippen LogP contribution in [0.3, 0.4) is 0 Å². The van der Waals surface area contributed by atoms with Gasteiger partial charge >= 0.3 is 0 Å². The molecule has 1 aromatic carbocycles. The molecule has 0 radical (unpaired) electrons. The summed E-state index contributed by atoms with van der Waals surface area (Å²) in [5, 5.41) is 11.5. The minimum Gasteiger partial charge on any atom is -0.493 e. The molecular weight excluding hydrogens is 468 g/mol. The number of aromatic nitrogens is 4. The number of carbonyl (C=O) groups is 1. The van der Waals surface area contributed by atoms with Gasteiger partial charge in [-0.3, -0.25) is 9.69 Å². The second kappa shape index (κ2) is 9.63. The lowest BCUT2D eigenvalue weighted by Gasteiger charge is -2.20. The zero-order valence-corrected chi connectivity index (χ0v) is 19.8. The first-order valence-electron chi connectivity index (χ1n) is 11.7. The van der Waals surface area contributed by atoms with Gasteiger partial charge < -0.3 is 29.0 Å². The highest BCUT2D eigenvalue weighted by atomic mass is 16.7. The minimum atomic E-state index is -0.301. The van der Waals surface area contributed by atoms with Crippen LogP contribution in [0.5, 0.6) is 23.0 Å². The van der Waals surface area contributed by atoms with Gasteiger partial charge in [0.15, 0.2) is 22.9 Å². The van der Waals surface area contributed by atoms with Crippen LogP contribution in [0.4, 0.5) is 0 Å². The Labute approximate surface area is 207 Å². The van der Waals surface area contributed by atoms with Gasteiger partial charge in [0.1, 0.15) is 12.3 Å². The molecule has 5 heterocycles. The summed E-state index contributed by atoms with van der Waals surface area (Å²) in [5.74, 6) is 2.04. The van der Waals surface area contributed by atoms with Gasteiger partial charge in [0.05, 0.1) is 38.6 Å². The number of amides is 1. The fraction of sp³-hybridized carbons (Fsp3) is 0.417. The fourth-order valence-corrected chi connectivity index (χ4v) is 4.69.